The van der Waals surface area contributed by atoms with E-state index in [-0.39, 0.29) is 24.2 Å². The summed E-state index contributed by atoms with van der Waals surface area (Å²) in [6.45, 7) is 5.41. The van der Waals surface area contributed by atoms with Gasteiger partial charge in [0.1, 0.15) is 0 Å². The second-order valence-corrected chi connectivity index (χ2v) is 6.13. The number of hydrogen-bond acceptors (Lipinski definition) is 4. The molecule has 6 nitrogen and oxygen atoms in total. The summed E-state index contributed by atoms with van der Waals surface area (Å²) in [4.78, 5) is 24.1. The van der Waals surface area contributed by atoms with Crippen molar-refractivity contribution in [2.45, 2.75) is 26.7 Å². The third-order valence-electron chi connectivity index (χ3n) is 4.27. The Hall–Kier alpha value is -1.63. The van der Waals surface area contributed by atoms with E-state index in [2.05, 4.69) is 16.0 Å². The molecule has 0 aliphatic carbocycles. The topological polar surface area (TPSA) is 79.5 Å². The predicted octanol–water partition coefficient (Wildman–Crippen LogP) is 2.33. The van der Waals surface area contributed by atoms with Gasteiger partial charge in [0.15, 0.2) is 0 Å². The van der Waals surface area contributed by atoms with Crippen LogP contribution in [0.15, 0.2) is 18.2 Å². The molecule has 24 heavy (non-hydrogen) atoms. The van der Waals surface area contributed by atoms with Crippen molar-refractivity contribution in [3.05, 3.63) is 23.8 Å². The molecule has 1 fully saturated rings. The number of amides is 2. The van der Waals surface area contributed by atoms with E-state index < -0.39 is 5.41 Å². The van der Waals surface area contributed by atoms with Crippen LogP contribution in [0.2, 0.25) is 0 Å². The van der Waals surface area contributed by atoms with Crippen LogP contribution in [-0.4, -0.2) is 38.6 Å². The van der Waals surface area contributed by atoms with E-state index in [1.54, 1.807) is 13.2 Å². The lowest BCUT2D eigenvalue weighted by atomic mass is 9.78. The number of nitrogens with one attached hydrogen (secondary N) is 3. The lowest BCUT2D eigenvalue weighted by molar-refractivity contribution is -0.130. The summed E-state index contributed by atoms with van der Waals surface area (Å²) >= 11 is 0. The molecule has 134 valence electrons. The fourth-order valence-corrected chi connectivity index (χ4v) is 2.91. The van der Waals surface area contributed by atoms with Gasteiger partial charge in [0.25, 0.3) is 0 Å². The van der Waals surface area contributed by atoms with Crippen molar-refractivity contribution in [3.8, 4) is 0 Å². The van der Waals surface area contributed by atoms with Gasteiger partial charge in [-0.25, -0.2) is 0 Å². The maximum Gasteiger partial charge on any atom is 0.233 e. The van der Waals surface area contributed by atoms with Crippen LogP contribution < -0.4 is 16.0 Å². The molecule has 0 radical (unpaired) electrons. The molecular formula is C17H26ClN3O3. The summed E-state index contributed by atoms with van der Waals surface area (Å²) in [6.07, 6.45) is 1.49. The zero-order valence-electron chi connectivity index (χ0n) is 14.4. The number of piperidine rings is 1. The van der Waals surface area contributed by atoms with Gasteiger partial charge in [0.2, 0.25) is 11.8 Å². The Kier molecular flexibility index (Phi) is 7.66. The summed E-state index contributed by atoms with van der Waals surface area (Å²) < 4.78 is 5.30. The van der Waals surface area contributed by atoms with E-state index in [9.17, 15) is 9.59 Å². The van der Waals surface area contributed by atoms with Crippen LogP contribution in [0.1, 0.15) is 25.3 Å². The average molecular weight is 356 g/mol. The maximum atomic E-state index is 12.9. The number of aryl methyl sites for hydroxylation is 1. The molecule has 1 aliphatic heterocycles. The highest BCUT2D eigenvalue weighted by Gasteiger charge is 2.39. The quantitative estimate of drug-likeness (QED) is 0.757. The highest BCUT2D eigenvalue weighted by molar-refractivity contribution is 5.97. The first-order chi connectivity index (χ1) is 11.0. The van der Waals surface area contributed by atoms with Crippen LogP contribution in [-0.2, 0) is 14.3 Å². The standard InChI is InChI=1S/C17H25N3O3.ClH/c1-12-4-5-14(19-13(2)21)10-15(12)20-16(22)17(11-23-3)6-8-18-9-7-17;/h4-5,10,18H,6-9,11H2,1-3H3,(H,19,21)(H,20,22);1H. The molecule has 0 spiro atoms. The SMILES string of the molecule is COCC1(C(=O)Nc2cc(NC(C)=O)ccc2C)CCNCC1.Cl. The van der Waals surface area contributed by atoms with E-state index in [0.717, 1.165) is 37.2 Å². The smallest absolute Gasteiger partial charge is 0.233 e. The Bertz CT molecular complexity index is 581. The second-order valence-electron chi connectivity index (χ2n) is 6.13. The third-order valence-corrected chi connectivity index (χ3v) is 4.27. The van der Waals surface area contributed by atoms with Crippen molar-refractivity contribution in [2.24, 2.45) is 5.41 Å². The van der Waals surface area contributed by atoms with Crippen LogP contribution in [0.4, 0.5) is 11.4 Å². The highest BCUT2D eigenvalue weighted by Crippen LogP contribution is 2.32. The van der Waals surface area contributed by atoms with Gasteiger partial charge in [-0.2, -0.15) is 0 Å². The molecule has 0 aromatic heterocycles. The van der Waals surface area contributed by atoms with Gasteiger partial charge in [-0.05, 0) is 50.6 Å². The fourth-order valence-electron chi connectivity index (χ4n) is 2.91. The molecule has 1 heterocycles. The molecule has 1 aliphatic rings. The van der Waals surface area contributed by atoms with Crippen molar-refractivity contribution in [3.63, 3.8) is 0 Å². The Morgan fingerprint density at radius 1 is 1.25 bits per heavy atom. The first-order valence-electron chi connectivity index (χ1n) is 7.86. The monoisotopic (exact) mass is 355 g/mol. The number of rotatable bonds is 5. The first kappa shape index (κ1) is 20.4. The number of halogens is 1. The second kappa shape index (κ2) is 9.01. The summed E-state index contributed by atoms with van der Waals surface area (Å²) in [7, 11) is 1.62. The van der Waals surface area contributed by atoms with Gasteiger partial charge in [0.05, 0.1) is 12.0 Å². The molecule has 1 aromatic rings. The summed E-state index contributed by atoms with van der Waals surface area (Å²) in [6, 6.07) is 5.49. The van der Waals surface area contributed by atoms with Gasteiger partial charge in [-0.15, -0.1) is 12.4 Å². The summed E-state index contributed by atoms with van der Waals surface area (Å²) in [5.74, 6) is -0.163. The van der Waals surface area contributed by atoms with Gasteiger partial charge in [-0.1, -0.05) is 6.07 Å². The van der Waals surface area contributed by atoms with Crippen LogP contribution in [0.25, 0.3) is 0 Å². The molecule has 1 saturated heterocycles. The van der Waals surface area contributed by atoms with E-state index >= 15 is 0 Å². The Labute approximate surface area is 149 Å². The lowest BCUT2D eigenvalue weighted by Gasteiger charge is -2.35. The van der Waals surface area contributed by atoms with Crippen molar-refractivity contribution in [1.29, 1.82) is 0 Å². The van der Waals surface area contributed by atoms with E-state index in [1.807, 2.05) is 19.1 Å². The Morgan fingerprint density at radius 2 is 1.92 bits per heavy atom. The van der Waals surface area contributed by atoms with Crippen molar-refractivity contribution < 1.29 is 14.3 Å². The van der Waals surface area contributed by atoms with Crippen molar-refractivity contribution >= 4 is 35.6 Å². The third kappa shape index (κ3) is 4.93. The predicted molar refractivity (Wildman–Crippen MR) is 97.8 cm³/mol. The minimum Gasteiger partial charge on any atom is -0.384 e. The number of ether oxygens (including phenoxy) is 1. The van der Waals surface area contributed by atoms with Crippen LogP contribution in [0.3, 0.4) is 0 Å². The number of methoxy groups -OCH3 is 1. The largest absolute Gasteiger partial charge is 0.384 e. The molecule has 7 heteroatoms. The summed E-state index contributed by atoms with van der Waals surface area (Å²) in [5.41, 5.74) is 1.84. The zero-order chi connectivity index (χ0) is 16.9. The molecule has 2 amide bonds. The van der Waals surface area contributed by atoms with E-state index in [0.29, 0.717) is 12.3 Å². The van der Waals surface area contributed by atoms with Gasteiger partial charge < -0.3 is 20.7 Å². The summed E-state index contributed by atoms with van der Waals surface area (Å²) in [5, 5.41) is 9.03. The first-order valence-corrected chi connectivity index (χ1v) is 7.86. The minimum absolute atomic E-state index is 0. The zero-order valence-corrected chi connectivity index (χ0v) is 15.2. The minimum atomic E-state index is -0.504. The van der Waals surface area contributed by atoms with Crippen LogP contribution in [0.5, 0.6) is 0 Å². The number of carbonyl (C=O) groups is 2. The number of benzene rings is 1. The Balaban J connectivity index is 0.00000288. The molecule has 0 saturated carbocycles. The Morgan fingerprint density at radius 3 is 2.50 bits per heavy atom. The fraction of sp³-hybridized carbons (Fsp3) is 0.529. The highest BCUT2D eigenvalue weighted by atomic mass is 35.5. The number of hydrogen-bond donors (Lipinski definition) is 3. The normalized spacial score (nSPS) is 16.0. The van der Waals surface area contributed by atoms with Gasteiger partial charge in [-0.3, -0.25) is 9.59 Å². The molecular weight excluding hydrogens is 330 g/mol. The van der Waals surface area contributed by atoms with Crippen molar-refractivity contribution in [2.75, 3.05) is 37.4 Å². The van der Waals surface area contributed by atoms with Crippen molar-refractivity contribution in [1.82, 2.24) is 5.32 Å². The number of carbonyl (C=O) groups excluding carboxylic acids is 2. The number of anilines is 2. The molecule has 0 bridgehead atoms. The molecule has 3 N–H and O–H groups in total. The van der Waals surface area contributed by atoms with E-state index in [4.69, 9.17) is 4.74 Å². The molecule has 1 aromatic carbocycles. The van der Waals surface area contributed by atoms with Gasteiger partial charge in [0, 0.05) is 25.4 Å². The molecule has 0 atom stereocenters. The van der Waals surface area contributed by atoms with Gasteiger partial charge >= 0.3 is 0 Å². The maximum absolute atomic E-state index is 12.9. The van der Waals surface area contributed by atoms with Crippen LogP contribution in [0, 0.1) is 12.3 Å². The lowest BCUT2D eigenvalue weighted by Crippen LogP contribution is -2.47. The average Bonchev–Trinajstić information content (AvgIpc) is 2.51. The molecule has 0 unspecified atom stereocenters. The van der Waals surface area contributed by atoms with E-state index in [1.165, 1.54) is 6.92 Å². The van der Waals surface area contributed by atoms with Crippen LogP contribution >= 0.6 is 12.4 Å². The molecule has 2 rings (SSSR count).